The van der Waals surface area contributed by atoms with Gasteiger partial charge in [0.15, 0.2) is 0 Å². The van der Waals surface area contributed by atoms with Gasteiger partial charge in [0, 0.05) is 23.8 Å². The number of hydrogen-bond acceptors (Lipinski definition) is 3. The molecule has 0 aliphatic carbocycles. The van der Waals surface area contributed by atoms with Crippen LogP contribution in [-0.4, -0.2) is 9.97 Å². The maximum Gasteiger partial charge on any atom is 0.0880 e. The molecule has 0 saturated carbocycles. The maximum absolute atomic E-state index is 5.98. The van der Waals surface area contributed by atoms with E-state index in [2.05, 4.69) is 9.97 Å². The molecule has 0 saturated heterocycles. The molecule has 0 aliphatic heterocycles. The largest absolute Gasteiger partial charge is 0.404 e. The molecule has 4 nitrogen and oxygen atoms in total. The summed E-state index contributed by atoms with van der Waals surface area (Å²) < 4.78 is 0. The fraction of sp³-hybridized carbons (Fsp3) is 0. The molecule has 0 bridgehead atoms. The lowest BCUT2D eigenvalue weighted by Gasteiger charge is -1.97. The maximum atomic E-state index is 5.98. The van der Waals surface area contributed by atoms with E-state index < -0.39 is 0 Å². The van der Waals surface area contributed by atoms with E-state index in [0.29, 0.717) is 5.70 Å². The van der Waals surface area contributed by atoms with Crippen molar-refractivity contribution in [2.45, 2.75) is 0 Å². The Morgan fingerprint density at radius 3 is 2.87 bits per heavy atom. The first-order chi connectivity index (χ1) is 7.33. The molecule has 0 aliphatic rings. The molecule has 0 atom stereocenters. The van der Waals surface area contributed by atoms with Crippen molar-refractivity contribution in [3.8, 4) is 0 Å². The Bertz CT molecular complexity index is 554. The fourth-order valence-electron chi connectivity index (χ4n) is 1.40. The Labute approximate surface area is 86.9 Å². The number of nitrogens with zero attached hydrogens (tertiary/aromatic N) is 1. The van der Waals surface area contributed by atoms with Gasteiger partial charge in [-0.2, -0.15) is 0 Å². The molecular weight excluding hydrogens is 188 g/mol. The SMILES string of the molecule is N/C=c1/cc[nH]/c1=C(/N)c1ccccn1. The fourth-order valence-corrected chi connectivity index (χ4v) is 1.40. The number of hydrogen-bond donors (Lipinski definition) is 3. The van der Waals surface area contributed by atoms with Crippen molar-refractivity contribution in [2.24, 2.45) is 11.5 Å². The molecule has 0 amide bonds. The Balaban J connectivity index is 2.71. The summed E-state index contributed by atoms with van der Waals surface area (Å²) in [7, 11) is 0. The van der Waals surface area contributed by atoms with Gasteiger partial charge in [0.05, 0.1) is 16.7 Å². The third kappa shape index (κ3) is 1.69. The van der Waals surface area contributed by atoms with Gasteiger partial charge in [-0.25, -0.2) is 0 Å². The van der Waals surface area contributed by atoms with Crippen LogP contribution in [0, 0.1) is 0 Å². The Kier molecular flexibility index (Phi) is 2.41. The quantitative estimate of drug-likeness (QED) is 0.565. The van der Waals surface area contributed by atoms with Gasteiger partial charge in [-0.3, -0.25) is 4.98 Å². The molecule has 0 fully saturated rings. The van der Waals surface area contributed by atoms with Gasteiger partial charge >= 0.3 is 0 Å². The summed E-state index contributed by atoms with van der Waals surface area (Å²) in [4.78, 5) is 7.21. The van der Waals surface area contributed by atoms with E-state index in [1.165, 1.54) is 6.20 Å². The summed E-state index contributed by atoms with van der Waals surface area (Å²) in [5, 5.41) is 1.68. The van der Waals surface area contributed by atoms with Gasteiger partial charge < -0.3 is 16.5 Å². The van der Waals surface area contributed by atoms with E-state index in [-0.39, 0.29) is 0 Å². The highest BCUT2D eigenvalue weighted by Gasteiger charge is 1.99. The van der Waals surface area contributed by atoms with Crippen LogP contribution in [0.1, 0.15) is 5.69 Å². The van der Waals surface area contributed by atoms with Gasteiger partial charge in [0.2, 0.25) is 0 Å². The summed E-state index contributed by atoms with van der Waals surface area (Å²) in [6, 6.07) is 7.47. The molecule has 0 radical (unpaired) electrons. The monoisotopic (exact) mass is 200 g/mol. The van der Waals surface area contributed by atoms with Gasteiger partial charge in [-0.05, 0) is 18.2 Å². The van der Waals surface area contributed by atoms with Gasteiger partial charge in [0.1, 0.15) is 0 Å². The Morgan fingerprint density at radius 2 is 2.20 bits per heavy atom. The highest BCUT2D eigenvalue weighted by atomic mass is 14.8. The van der Waals surface area contributed by atoms with Crippen LogP contribution in [0.5, 0.6) is 0 Å². The normalized spacial score (nSPS) is 14.0. The topological polar surface area (TPSA) is 80.7 Å². The number of pyridine rings is 1. The zero-order valence-electron chi connectivity index (χ0n) is 8.14. The van der Waals surface area contributed by atoms with Crippen LogP contribution in [-0.2, 0) is 0 Å². The van der Waals surface area contributed by atoms with E-state index in [1.54, 1.807) is 12.4 Å². The molecule has 0 aromatic carbocycles. The van der Waals surface area contributed by atoms with Gasteiger partial charge in [0.25, 0.3) is 0 Å². The van der Waals surface area contributed by atoms with Crippen LogP contribution in [0.3, 0.4) is 0 Å². The molecule has 2 aromatic rings. The molecule has 2 heterocycles. The van der Waals surface area contributed by atoms with Crippen molar-refractivity contribution in [1.29, 1.82) is 0 Å². The lowest BCUT2D eigenvalue weighted by molar-refractivity contribution is 1.20. The second kappa shape index (κ2) is 3.88. The average Bonchev–Trinajstić information content (AvgIpc) is 2.77. The number of aromatic amines is 1. The Morgan fingerprint density at radius 1 is 1.33 bits per heavy atom. The van der Waals surface area contributed by atoms with Crippen molar-refractivity contribution < 1.29 is 0 Å². The summed E-state index contributed by atoms with van der Waals surface area (Å²) in [5.74, 6) is 0. The molecule has 76 valence electrons. The smallest absolute Gasteiger partial charge is 0.0880 e. The van der Waals surface area contributed by atoms with Crippen LogP contribution in [0.4, 0.5) is 0 Å². The summed E-state index contributed by atoms with van der Waals surface area (Å²) in [6.45, 7) is 0. The van der Waals surface area contributed by atoms with Crippen LogP contribution in [0.25, 0.3) is 11.9 Å². The van der Waals surface area contributed by atoms with Crippen molar-refractivity contribution in [3.05, 3.63) is 52.9 Å². The molecule has 0 spiro atoms. The third-order valence-electron chi connectivity index (χ3n) is 2.17. The predicted molar refractivity (Wildman–Crippen MR) is 59.6 cm³/mol. The van der Waals surface area contributed by atoms with Crippen LogP contribution in [0.2, 0.25) is 0 Å². The standard InChI is InChI=1S/C11H12N4/c12-7-8-4-6-15-11(8)10(13)9-3-1-2-5-14-9/h1-7,15H,12-13H2/b8-7-,11-10+. The van der Waals surface area contributed by atoms with Crippen molar-refractivity contribution in [2.75, 3.05) is 0 Å². The van der Waals surface area contributed by atoms with E-state index in [4.69, 9.17) is 11.5 Å². The van der Waals surface area contributed by atoms with Gasteiger partial charge in [-0.1, -0.05) is 6.07 Å². The molecule has 5 N–H and O–H groups in total. The molecular formula is C11H12N4. The zero-order valence-corrected chi connectivity index (χ0v) is 8.14. The number of nitrogens with two attached hydrogens (primary N) is 2. The van der Waals surface area contributed by atoms with E-state index >= 15 is 0 Å². The van der Waals surface area contributed by atoms with Crippen molar-refractivity contribution in [1.82, 2.24) is 9.97 Å². The average molecular weight is 200 g/mol. The first kappa shape index (κ1) is 9.33. The lowest BCUT2D eigenvalue weighted by atomic mass is 10.2. The molecule has 15 heavy (non-hydrogen) atoms. The summed E-state index contributed by atoms with van der Waals surface area (Å²) in [6.07, 6.45) is 5.02. The summed E-state index contributed by atoms with van der Waals surface area (Å²) in [5.41, 5.74) is 12.8. The molecule has 4 heteroatoms. The lowest BCUT2D eigenvalue weighted by Crippen LogP contribution is -2.30. The summed E-state index contributed by atoms with van der Waals surface area (Å²) >= 11 is 0. The van der Waals surface area contributed by atoms with Crippen molar-refractivity contribution >= 4 is 11.9 Å². The minimum atomic E-state index is 0.595. The number of H-pyrrole nitrogens is 1. The first-order valence-corrected chi connectivity index (χ1v) is 4.59. The highest BCUT2D eigenvalue weighted by Crippen LogP contribution is 1.98. The van der Waals surface area contributed by atoms with E-state index in [0.717, 1.165) is 16.3 Å². The molecule has 2 rings (SSSR count). The highest BCUT2D eigenvalue weighted by molar-refractivity contribution is 5.58. The van der Waals surface area contributed by atoms with Crippen LogP contribution in [0.15, 0.2) is 36.7 Å². The third-order valence-corrected chi connectivity index (χ3v) is 2.17. The Hall–Kier alpha value is -2.23. The van der Waals surface area contributed by atoms with Crippen LogP contribution >= 0.6 is 0 Å². The number of nitrogens with one attached hydrogen (secondary N) is 1. The zero-order chi connectivity index (χ0) is 10.7. The van der Waals surface area contributed by atoms with E-state index in [9.17, 15) is 0 Å². The van der Waals surface area contributed by atoms with Gasteiger partial charge in [-0.15, -0.1) is 0 Å². The predicted octanol–water partition coefficient (Wildman–Crippen LogP) is -0.778. The second-order valence-corrected chi connectivity index (χ2v) is 3.10. The number of aromatic nitrogens is 2. The minimum Gasteiger partial charge on any atom is -0.404 e. The van der Waals surface area contributed by atoms with E-state index in [1.807, 2.05) is 24.3 Å². The number of rotatable bonds is 1. The molecule has 0 unspecified atom stereocenters. The minimum absolute atomic E-state index is 0.595. The second-order valence-electron chi connectivity index (χ2n) is 3.10. The molecule has 2 aromatic heterocycles. The van der Waals surface area contributed by atoms with Crippen LogP contribution < -0.4 is 22.0 Å². The van der Waals surface area contributed by atoms with Crippen molar-refractivity contribution in [3.63, 3.8) is 0 Å². The first-order valence-electron chi connectivity index (χ1n) is 4.59.